The van der Waals surface area contributed by atoms with Gasteiger partial charge in [-0.2, -0.15) is 0 Å². The molecule has 0 unspecified atom stereocenters. The van der Waals surface area contributed by atoms with E-state index >= 15 is 0 Å². The number of rotatable bonds is 37. The van der Waals surface area contributed by atoms with E-state index in [9.17, 15) is 78.0 Å². The number of carbonyl (C=O) groups is 12. The van der Waals surface area contributed by atoms with Crippen LogP contribution in [0.1, 0.15) is 94.9 Å². The molecule has 88 heavy (non-hydrogen) atoms. The smallest absolute Gasteiger partial charge is 0.326 e. The highest BCUT2D eigenvalue weighted by Gasteiger charge is 2.40. The molecule has 0 spiro atoms. The van der Waals surface area contributed by atoms with Gasteiger partial charge in [0.1, 0.15) is 65.9 Å². The lowest BCUT2D eigenvalue weighted by Crippen LogP contribution is -2.61. The summed E-state index contributed by atoms with van der Waals surface area (Å²) in [6, 6.07) is -3.80. The second-order valence-electron chi connectivity index (χ2n) is 21.4. The number of nitrogens with one attached hydrogen (secondary N) is 9. The van der Waals surface area contributed by atoms with Crippen molar-refractivity contribution in [2.24, 2.45) is 28.7 Å². The molecule has 32 nitrogen and oxygen atoms in total. The Labute approximate surface area is 506 Å². The van der Waals surface area contributed by atoms with Gasteiger partial charge in [-0.25, -0.2) is 9.78 Å². The van der Waals surface area contributed by atoms with Crippen molar-refractivity contribution < 1.29 is 78.0 Å². The van der Waals surface area contributed by atoms with Gasteiger partial charge in [-0.1, -0.05) is 24.3 Å². The third-order valence-electron chi connectivity index (χ3n) is 14.2. The number of nitrogens with zero attached hydrogens (tertiary/aromatic N) is 2. The van der Waals surface area contributed by atoms with E-state index in [-0.39, 0.29) is 76.1 Å². The summed E-state index contributed by atoms with van der Waals surface area (Å²) in [7, 11) is 0. The monoisotopic (exact) mass is 1230 g/mol. The maximum atomic E-state index is 14.2. The van der Waals surface area contributed by atoms with E-state index in [1.165, 1.54) is 72.9 Å². The van der Waals surface area contributed by atoms with E-state index in [0.29, 0.717) is 42.5 Å². The van der Waals surface area contributed by atoms with Gasteiger partial charge in [0.05, 0.1) is 31.3 Å². The van der Waals surface area contributed by atoms with Crippen molar-refractivity contribution in [3.05, 3.63) is 77.9 Å². The Bertz CT molecular complexity index is 2880. The Kier molecular flexibility index (Phi) is 28.6. The van der Waals surface area contributed by atoms with E-state index in [0.717, 1.165) is 6.92 Å². The first-order valence-electron chi connectivity index (χ1n) is 28.6. The van der Waals surface area contributed by atoms with Crippen LogP contribution >= 0.6 is 0 Å². The van der Waals surface area contributed by atoms with Crippen LogP contribution in [0.15, 0.2) is 61.1 Å². The summed E-state index contributed by atoms with van der Waals surface area (Å²) in [5.74, 6) is -12.1. The minimum Gasteiger partial charge on any atom is -0.508 e. The van der Waals surface area contributed by atoms with Crippen LogP contribution in [-0.2, 0) is 76.8 Å². The molecular formula is C56H82N16O16. The second kappa shape index (κ2) is 35.4. The van der Waals surface area contributed by atoms with Crippen molar-refractivity contribution in [1.29, 1.82) is 0 Å². The number of nitrogens with two attached hydrogens (primary N) is 5. The van der Waals surface area contributed by atoms with Gasteiger partial charge in [-0.3, -0.25) is 52.7 Å². The molecule has 11 amide bonds. The zero-order valence-electron chi connectivity index (χ0n) is 48.9. The molecule has 23 N–H and O–H groups in total. The Morgan fingerprint density at radius 1 is 0.591 bits per heavy atom. The topological polar surface area (TPSA) is 544 Å². The third kappa shape index (κ3) is 23.2. The van der Waals surface area contributed by atoms with Gasteiger partial charge in [-0.05, 0) is 114 Å². The Balaban J connectivity index is 1.51. The van der Waals surface area contributed by atoms with Crippen LogP contribution in [0.2, 0.25) is 0 Å². The van der Waals surface area contributed by atoms with Crippen molar-refractivity contribution in [3.63, 3.8) is 0 Å². The zero-order chi connectivity index (χ0) is 65.2. The highest BCUT2D eigenvalue weighted by molar-refractivity contribution is 6.00. The number of benzene rings is 2. The van der Waals surface area contributed by atoms with Crippen LogP contribution < -0.4 is 71.2 Å². The molecule has 0 aliphatic carbocycles. The first-order chi connectivity index (χ1) is 41.7. The molecular weight excluding hydrogens is 1150 g/mol. The van der Waals surface area contributed by atoms with Crippen LogP contribution in [0.25, 0.3) is 0 Å². The van der Waals surface area contributed by atoms with Crippen molar-refractivity contribution in [2.75, 3.05) is 19.6 Å². The van der Waals surface area contributed by atoms with Crippen LogP contribution in [-0.4, -0.2) is 192 Å². The number of imidazole rings is 1. The number of likely N-dealkylation sites (tertiary alicyclic amines) is 1. The molecule has 1 aliphatic heterocycles. The summed E-state index contributed by atoms with van der Waals surface area (Å²) >= 11 is 0. The predicted octanol–water partition coefficient (Wildman–Crippen LogP) is -5.46. The number of carboxylic acid groups (broad SMARTS) is 1. The third-order valence-corrected chi connectivity index (χ3v) is 14.2. The number of aliphatic hydroxyl groups excluding tert-OH is 1. The summed E-state index contributed by atoms with van der Waals surface area (Å²) in [4.78, 5) is 170. The minimum atomic E-state index is -1.82. The fourth-order valence-electron chi connectivity index (χ4n) is 9.43. The van der Waals surface area contributed by atoms with E-state index < -0.39 is 150 Å². The van der Waals surface area contributed by atoms with E-state index in [2.05, 4.69) is 52.5 Å². The van der Waals surface area contributed by atoms with Crippen molar-refractivity contribution in [3.8, 4) is 11.5 Å². The number of aliphatic hydroxyl groups is 1. The first-order valence-corrected chi connectivity index (χ1v) is 28.6. The molecule has 2 heterocycles. The molecule has 482 valence electrons. The number of unbranched alkanes of at least 4 members (excludes halogenated alkanes) is 2. The predicted molar refractivity (Wildman–Crippen MR) is 312 cm³/mol. The van der Waals surface area contributed by atoms with Gasteiger partial charge in [0.25, 0.3) is 0 Å². The molecule has 1 saturated heterocycles. The molecule has 1 fully saturated rings. The summed E-state index contributed by atoms with van der Waals surface area (Å²) in [6.45, 7) is 2.93. The van der Waals surface area contributed by atoms with Gasteiger partial charge in [0, 0.05) is 37.7 Å². The summed E-state index contributed by atoms with van der Waals surface area (Å²) in [5.41, 5.74) is 29.1. The number of phenols is 2. The van der Waals surface area contributed by atoms with Gasteiger partial charge in [0.15, 0.2) is 0 Å². The van der Waals surface area contributed by atoms with Gasteiger partial charge >= 0.3 is 5.97 Å². The number of aromatic nitrogens is 2. The number of carboxylic acids is 1. The van der Waals surface area contributed by atoms with Crippen molar-refractivity contribution >= 4 is 70.9 Å². The van der Waals surface area contributed by atoms with Crippen LogP contribution in [0, 0.1) is 0 Å². The van der Waals surface area contributed by atoms with E-state index in [1.54, 1.807) is 0 Å². The average Bonchev–Trinajstić information content (AvgIpc) is 4.39. The average molecular weight is 1240 g/mol. The number of aromatic amines is 1. The number of hydrogen-bond acceptors (Lipinski definition) is 19. The first kappa shape index (κ1) is 71.2. The molecule has 0 bridgehead atoms. The maximum absolute atomic E-state index is 14.2. The Morgan fingerprint density at radius 3 is 1.57 bits per heavy atom. The van der Waals surface area contributed by atoms with Crippen LogP contribution in [0.4, 0.5) is 0 Å². The summed E-state index contributed by atoms with van der Waals surface area (Å²) in [5, 5.41) is 60.0. The number of H-pyrrole nitrogens is 1. The van der Waals surface area contributed by atoms with Crippen LogP contribution in [0.3, 0.4) is 0 Å². The highest BCUT2D eigenvalue weighted by Crippen LogP contribution is 2.20. The molecule has 0 radical (unpaired) electrons. The molecule has 11 atom stereocenters. The number of aliphatic carboxylic acids is 1. The number of aromatic hydroxyl groups is 2. The Hall–Kier alpha value is -9.27. The highest BCUT2D eigenvalue weighted by atomic mass is 16.4. The minimum absolute atomic E-state index is 0.0279. The fraction of sp³-hybridized carbons (Fsp3) is 0.518. The van der Waals surface area contributed by atoms with Gasteiger partial charge in [0.2, 0.25) is 65.0 Å². The summed E-state index contributed by atoms with van der Waals surface area (Å²) in [6.07, 6.45) is 0.749. The molecule has 4 rings (SSSR count). The second-order valence-corrected chi connectivity index (χ2v) is 21.4. The number of amides is 11. The lowest BCUT2D eigenvalue weighted by molar-refractivity contribution is -0.142. The SMILES string of the molecule is C[C@H](NC(=O)[C@H](CCCCN)NC(=O)[C@H](CC(N)=O)NC(=O)[C@H](Cc1ccc(O)cc1)NC(=O)[C@@H](NC(=O)[C@@H](N)CC(N)=O)[C@@H](C)O)C(=O)N1CCC[C@H]1C(=O)N[C@@H](CCCCN)C(=O)N[C@@H](Cc1cnc[nH]1)C(=O)N[C@@H](Cc1ccc(O)cc1)C(=O)O. The van der Waals surface area contributed by atoms with Gasteiger partial charge in [-0.15, -0.1) is 0 Å². The standard InChI is InChI=1S/C56H82N16O16/c1-29(55(86)72-21-7-10-43(72)53(84)66-38(9-4-6-20-58)49(80)67-40(24-33-27-62-28-63-33)51(82)70-42(56(87)88)23-32-13-17-35(75)18-14-32)64-48(79)37(8-3-5-19-57)65-52(83)41(26-45(61)77)68-50(81)39(22-31-11-15-34(74)16-12-31)69-54(85)46(30(2)73)71-47(78)36(59)25-44(60)76/h11-18,27-30,36-43,46,73-75H,3-10,19-26,57-59H2,1-2H3,(H2,60,76)(H2,61,77)(H,62,63)(H,64,79)(H,65,83)(H,66,84)(H,67,80)(H,68,81)(H,69,85)(H,70,82)(H,71,78)(H,87,88)/t29-,30+,36-,37-,38-,39-,40-,41-,42-,43-,46-/m0/s1. The molecule has 1 aliphatic rings. The van der Waals surface area contributed by atoms with Crippen molar-refractivity contribution in [2.45, 2.75) is 164 Å². The number of primary amides is 2. The van der Waals surface area contributed by atoms with E-state index in [1.807, 2.05) is 0 Å². The lowest BCUT2D eigenvalue weighted by atomic mass is 10.0. The Morgan fingerprint density at radius 2 is 1.06 bits per heavy atom. The van der Waals surface area contributed by atoms with Crippen molar-refractivity contribution in [1.82, 2.24) is 57.4 Å². The molecule has 1 aromatic heterocycles. The lowest BCUT2D eigenvalue weighted by Gasteiger charge is -2.30. The maximum Gasteiger partial charge on any atom is 0.326 e. The quantitative estimate of drug-likeness (QED) is 0.0240. The normalized spacial score (nSPS) is 16.2. The largest absolute Gasteiger partial charge is 0.508 e. The van der Waals surface area contributed by atoms with Crippen LogP contribution in [0.5, 0.6) is 11.5 Å². The van der Waals surface area contributed by atoms with Gasteiger partial charge < -0.3 is 102 Å². The zero-order valence-corrected chi connectivity index (χ0v) is 48.9. The number of carbonyl (C=O) groups excluding carboxylic acids is 11. The molecule has 3 aromatic rings. The molecule has 2 aromatic carbocycles. The van der Waals surface area contributed by atoms with E-state index in [4.69, 9.17) is 28.7 Å². The number of hydrogen-bond donors (Lipinski definition) is 18. The fourth-order valence-corrected chi connectivity index (χ4v) is 9.43. The summed E-state index contributed by atoms with van der Waals surface area (Å²) < 4.78 is 0. The number of phenolic OH excluding ortho intramolecular Hbond substituents is 2. The molecule has 0 saturated carbocycles. The molecule has 32 heteroatoms.